The van der Waals surface area contributed by atoms with Crippen LogP contribution in [-0.4, -0.2) is 6.54 Å². The minimum atomic E-state index is 0.747. The summed E-state index contributed by atoms with van der Waals surface area (Å²) in [6.45, 7) is 13.7. The van der Waals surface area contributed by atoms with Crippen molar-refractivity contribution in [2.75, 3.05) is 6.54 Å². The summed E-state index contributed by atoms with van der Waals surface area (Å²) in [4.78, 5) is 0. The summed E-state index contributed by atoms with van der Waals surface area (Å²) < 4.78 is 0. The van der Waals surface area contributed by atoms with Crippen LogP contribution in [0.5, 0.6) is 0 Å². The fourth-order valence-corrected chi connectivity index (χ4v) is 0.984. The van der Waals surface area contributed by atoms with Gasteiger partial charge in [0.05, 0.1) is 0 Å². The van der Waals surface area contributed by atoms with Crippen molar-refractivity contribution >= 4 is 0 Å². The third kappa shape index (κ3) is 6.33. The average Bonchev–Trinajstić information content (AvgIpc) is 2.27. The molecule has 80 valence electrons. The molecule has 0 radical (unpaired) electrons. The molecule has 0 aromatic heterocycles. The molecule has 1 N–H and O–H groups in total. The summed E-state index contributed by atoms with van der Waals surface area (Å²) in [5.41, 5.74) is 2.17. The summed E-state index contributed by atoms with van der Waals surface area (Å²) in [5, 5.41) is 3.28. The second-order valence-corrected chi connectivity index (χ2v) is 2.87. The highest BCUT2D eigenvalue weighted by atomic mass is 14.9. The van der Waals surface area contributed by atoms with E-state index in [1.54, 1.807) is 12.2 Å². The Balaban J connectivity index is 4.28. The summed E-state index contributed by atoms with van der Waals surface area (Å²) in [6, 6.07) is 0. The normalized spacial score (nSPS) is 12.6. The third-order valence-corrected chi connectivity index (χ3v) is 1.81. The summed E-state index contributed by atoms with van der Waals surface area (Å²) >= 11 is 0. The zero-order chi connectivity index (χ0) is 11.5. The first-order valence-corrected chi connectivity index (χ1v) is 4.91. The third-order valence-electron chi connectivity index (χ3n) is 1.81. The van der Waals surface area contributed by atoms with Crippen LogP contribution in [0.4, 0.5) is 0 Å². The van der Waals surface area contributed by atoms with Crippen molar-refractivity contribution in [1.82, 2.24) is 5.32 Å². The minimum absolute atomic E-state index is 0.747. The van der Waals surface area contributed by atoms with Gasteiger partial charge in [-0.1, -0.05) is 56.2 Å². The van der Waals surface area contributed by atoms with Crippen LogP contribution in [0.25, 0.3) is 0 Å². The highest BCUT2D eigenvalue weighted by Crippen LogP contribution is 1.98. The van der Waals surface area contributed by atoms with Crippen LogP contribution in [0.15, 0.2) is 73.5 Å². The van der Waals surface area contributed by atoms with Gasteiger partial charge in [-0.2, -0.15) is 0 Å². The smallest absolute Gasteiger partial charge is 0.0400 e. The molecule has 0 amide bonds. The second kappa shape index (κ2) is 8.82. The fraction of sp³-hybridized carbons (Fsp3) is 0.143. The molecule has 0 unspecified atom stereocenters. The Hall–Kier alpha value is -1.76. The van der Waals surface area contributed by atoms with E-state index in [-0.39, 0.29) is 0 Å². The number of rotatable bonds is 7. The van der Waals surface area contributed by atoms with Crippen molar-refractivity contribution in [2.45, 2.75) is 6.92 Å². The Labute approximate surface area is 92.9 Å². The standard InChI is InChI=1S/C14H19N/c1-5-9-11-14(8-4)15-12-13(7-3)10-6-2/h5-11,15H,1-3,12H2,4H3/b11-9-,13-10+,14-8+. The molecule has 0 fully saturated rings. The van der Waals surface area contributed by atoms with E-state index in [0.29, 0.717) is 0 Å². The van der Waals surface area contributed by atoms with E-state index in [4.69, 9.17) is 0 Å². The van der Waals surface area contributed by atoms with E-state index in [1.165, 1.54) is 0 Å². The summed E-state index contributed by atoms with van der Waals surface area (Å²) in [7, 11) is 0. The lowest BCUT2D eigenvalue weighted by molar-refractivity contribution is 0.908. The molecule has 0 aromatic carbocycles. The van der Waals surface area contributed by atoms with Crippen LogP contribution in [0.3, 0.4) is 0 Å². The van der Waals surface area contributed by atoms with Gasteiger partial charge >= 0.3 is 0 Å². The Morgan fingerprint density at radius 3 is 2.40 bits per heavy atom. The topological polar surface area (TPSA) is 12.0 Å². The van der Waals surface area contributed by atoms with E-state index in [9.17, 15) is 0 Å². The Bertz CT molecular complexity index is 303. The monoisotopic (exact) mass is 201 g/mol. The van der Waals surface area contributed by atoms with Crippen molar-refractivity contribution in [3.05, 3.63) is 73.5 Å². The number of nitrogens with one attached hydrogen (secondary N) is 1. The number of hydrogen-bond acceptors (Lipinski definition) is 1. The molecule has 0 aliphatic carbocycles. The molecule has 0 aromatic rings. The molecular formula is C14H19N. The zero-order valence-corrected chi connectivity index (χ0v) is 9.37. The Morgan fingerprint density at radius 1 is 1.20 bits per heavy atom. The van der Waals surface area contributed by atoms with Gasteiger partial charge in [-0.05, 0) is 18.6 Å². The van der Waals surface area contributed by atoms with Gasteiger partial charge in [0, 0.05) is 12.2 Å². The molecule has 0 bridgehead atoms. The summed E-state index contributed by atoms with van der Waals surface area (Å²) in [5.74, 6) is 0. The van der Waals surface area contributed by atoms with Crippen molar-refractivity contribution in [1.29, 1.82) is 0 Å². The molecule has 1 nitrogen and oxygen atoms in total. The molecule has 0 aliphatic rings. The van der Waals surface area contributed by atoms with E-state index >= 15 is 0 Å². The quantitative estimate of drug-likeness (QED) is 0.621. The predicted octanol–water partition coefficient (Wildman–Crippen LogP) is 3.52. The number of allylic oxidation sites excluding steroid dienone is 6. The van der Waals surface area contributed by atoms with Crippen molar-refractivity contribution in [3.63, 3.8) is 0 Å². The lowest BCUT2D eigenvalue weighted by atomic mass is 10.2. The van der Waals surface area contributed by atoms with Crippen LogP contribution in [0, 0.1) is 0 Å². The maximum absolute atomic E-state index is 3.74. The maximum Gasteiger partial charge on any atom is 0.0400 e. The first kappa shape index (κ1) is 13.2. The molecule has 0 saturated heterocycles. The van der Waals surface area contributed by atoms with Crippen LogP contribution in [0.2, 0.25) is 0 Å². The van der Waals surface area contributed by atoms with Gasteiger partial charge in [0.25, 0.3) is 0 Å². The highest BCUT2D eigenvalue weighted by molar-refractivity contribution is 5.26. The molecule has 0 spiro atoms. The predicted molar refractivity (Wildman–Crippen MR) is 69.6 cm³/mol. The first-order valence-electron chi connectivity index (χ1n) is 4.91. The molecule has 15 heavy (non-hydrogen) atoms. The van der Waals surface area contributed by atoms with E-state index in [1.807, 2.05) is 37.3 Å². The lowest BCUT2D eigenvalue weighted by Gasteiger charge is -2.06. The van der Waals surface area contributed by atoms with Crippen molar-refractivity contribution < 1.29 is 0 Å². The molecule has 0 atom stereocenters. The van der Waals surface area contributed by atoms with E-state index < -0.39 is 0 Å². The van der Waals surface area contributed by atoms with Crippen molar-refractivity contribution in [3.8, 4) is 0 Å². The van der Waals surface area contributed by atoms with Crippen LogP contribution < -0.4 is 5.32 Å². The lowest BCUT2D eigenvalue weighted by Crippen LogP contribution is -2.14. The van der Waals surface area contributed by atoms with Crippen LogP contribution >= 0.6 is 0 Å². The Morgan fingerprint density at radius 2 is 1.93 bits per heavy atom. The van der Waals surface area contributed by atoms with Gasteiger partial charge in [0.1, 0.15) is 0 Å². The molecule has 0 rings (SSSR count). The van der Waals surface area contributed by atoms with E-state index in [0.717, 1.165) is 17.8 Å². The van der Waals surface area contributed by atoms with Gasteiger partial charge in [-0.15, -0.1) is 0 Å². The SMILES string of the molecule is C=C/C=C\C(=C/C)NC/C(C=C)=C/C=C. The Kier molecular flexibility index (Phi) is 7.79. The average molecular weight is 201 g/mol. The largest absolute Gasteiger partial charge is 0.381 e. The van der Waals surface area contributed by atoms with Gasteiger partial charge in [-0.3, -0.25) is 0 Å². The fourth-order valence-electron chi connectivity index (χ4n) is 0.984. The first-order chi connectivity index (χ1) is 7.28. The van der Waals surface area contributed by atoms with E-state index in [2.05, 4.69) is 25.1 Å². The maximum atomic E-state index is 3.74. The zero-order valence-electron chi connectivity index (χ0n) is 9.37. The van der Waals surface area contributed by atoms with Crippen molar-refractivity contribution in [2.24, 2.45) is 0 Å². The van der Waals surface area contributed by atoms with Gasteiger partial charge in [0.2, 0.25) is 0 Å². The summed E-state index contributed by atoms with van der Waals surface area (Å²) in [6.07, 6.45) is 13.1. The van der Waals surface area contributed by atoms with Gasteiger partial charge in [-0.25, -0.2) is 0 Å². The highest BCUT2D eigenvalue weighted by Gasteiger charge is 1.91. The molecule has 0 aliphatic heterocycles. The molecular weight excluding hydrogens is 182 g/mol. The van der Waals surface area contributed by atoms with Crippen LogP contribution in [-0.2, 0) is 0 Å². The molecule has 1 heteroatoms. The van der Waals surface area contributed by atoms with Gasteiger partial charge < -0.3 is 5.32 Å². The molecule has 0 heterocycles. The second-order valence-electron chi connectivity index (χ2n) is 2.87. The van der Waals surface area contributed by atoms with Crippen LogP contribution in [0.1, 0.15) is 6.92 Å². The van der Waals surface area contributed by atoms with Gasteiger partial charge in [0.15, 0.2) is 0 Å². The minimum Gasteiger partial charge on any atom is -0.381 e. The number of hydrogen-bond donors (Lipinski definition) is 1. The molecule has 0 saturated carbocycles.